The van der Waals surface area contributed by atoms with Crippen molar-refractivity contribution in [1.29, 1.82) is 0 Å². The summed E-state index contributed by atoms with van der Waals surface area (Å²) in [4.78, 5) is 11.9. The van der Waals surface area contributed by atoms with Crippen LogP contribution in [0, 0.1) is 11.8 Å². The van der Waals surface area contributed by atoms with Gasteiger partial charge >= 0.3 is 5.97 Å². The number of hydrogen-bond donors (Lipinski definition) is 0. The molecule has 0 radical (unpaired) electrons. The molecule has 0 saturated carbocycles. The Kier molecular flexibility index (Phi) is 1.77. The molecule has 3 heterocycles. The maximum Gasteiger partial charge on any atom is 0.313 e. The molecule has 0 aromatic heterocycles. The molecule has 0 spiro atoms. The van der Waals surface area contributed by atoms with Crippen LogP contribution in [0.3, 0.4) is 0 Å². The van der Waals surface area contributed by atoms with E-state index in [0.717, 1.165) is 5.56 Å². The second-order valence-electron chi connectivity index (χ2n) is 4.82. The Morgan fingerprint density at radius 1 is 1.00 bits per heavy atom. The summed E-state index contributed by atoms with van der Waals surface area (Å²) >= 11 is 0. The molecular formula is C14H12O3. The molecule has 1 aromatic carbocycles. The summed E-state index contributed by atoms with van der Waals surface area (Å²) in [7, 11) is 0. The van der Waals surface area contributed by atoms with Crippen molar-refractivity contribution in [1.82, 2.24) is 0 Å². The van der Waals surface area contributed by atoms with Crippen LogP contribution in [-0.4, -0.2) is 18.2 Å². The second-order valence-corrected chi connectivity index (χ2v) is 4.82. The van der Waals surface area contributed by atoms with Gasteiger partial charge in [-0.05, 0) is 5.56 Å². The largest absolute Gasteiger partial charge is 0.457 e. The van der Waals surface area contributed by atoms with Gasteiger partial charge in [-0.2, -0.15) is 0 Å². The van der Waals surface area contributed by atoms with Crippen LogP contribution in [-0.2, 0) is 14.3 Å². The molecule has 17 heavy (non-hydrogen) atoms. The zero-order chi connectivity index (χ0) is 11.4. The van der Waals surface area contributed by atoms with Gasteiger partial charge in [-0.1, -0.05) is 42.5 Å². The van der Waals surface area contributed by atoms with Crippen LogP contribution >= 0.6 is 0 Å². The maximum absolute atomic E-state index is 11.9. The summed E-state index contributed by atoms with van der Waals surface area (Å²) in [6, 6.07) is 9.93. The van der Waals surface area contributed by atoms with Gasteiger partial charge in [0.25, 0.3) is 0 Å². The topological polar surface area (TPSA) is 35.5 Å². The van der Waals surface area contributed by atoms with E-state index in [9.17, 15) is 4.79 Å². The third-order valence-electron chi connectivity index (χ3n) is 3.95. The predicted octanol–water partition coefficient (Wildman–Crippen LogP) is 1.85. The van der Waals surface area contributed by atoms with Crippen molar-refractivity contribution in [3.05, 3.63) is 48.0 Å². The molecule has 2 bridgehead atoms. The summed E-state index contributed by atoms with van der Waals surface area (Å²) < 4.78 is 11.3. The monoisotopic (exact) mass is 228 g/mol. The number of fused-ring (bicyclic) bond motifs is 5. The van der Waals surface area contributed by atoms with E-state index < -0.39 is 0 Å². The Balaban J connectivity index is 1.75. The highest BCUT2D eigenvalue weighted by atomic mass is 16.6. The van der Waals surface area contributed by atoms with Gasteiger partial charge in [0, 0.05) is 5.92 Å². The van der Waals surface area contributed by atoms with Gasteiger partial charge in [-0.15, -0.1) is 0 Å². The number of carbonyl (C=O) groups is 1. The molecule has 4 rings (SSSR count). The summed E-state index contributed by atoms with van der Waals surface area (Å²) in [5.41, 5.74) is 1.07. The van der Waals surface area contributed by atoms with Gasteiger partial charge < -0.3 is 9.47 Å². The predicted molar refractivity (Wildman–Crippen MR) is 60.1 cm³/mol. The van der Waals surface area contributed by atoms with Crippen LogP contribution in [0.2, 0.25) is 0 Å². The van der Waals surface area contributed by atoms with Crippen molar-refractivity contribution in [3.63, 3.8) is 0 Å². The van der Waals surface area contributed by atoms with Crippen molar-refractivity contribution >= 4 is 5.97 Å². The Morgan fingerprint density at radius 2 is 1.76 bits per heavy atom. The van der Waals surface area contributed by atoms with E-state index in [1.807, 2.05) is 36.4 Å². The van der Waals surface area contributed by atoms with Gasteiger partial charge in [0.05, 0.1) is 18.1 Å². The van der Waals surface area contributed by atoms with Crippen molar-refractivity contribution in [2.24, 2.45) is 11.8 Å². The molecule has 0 aliphatic carbocycles. The quantitative estimate of drug-likeness (QED) is 0.543. The highest BCUT2D eigenvalue weighted by molar-refractivity contribution is 5.78. The lowest BCUT2D eigenvalue weighted by atomic mass is 9.80. The van der Waals surface area contributed by atoms with E-state index in [2.05, 4.69) is 6.08 Å². The lowest BCUT2D eigenvalue weighted by molar-refractivity contribution is -0.147. The number of cyclic esters (lactones) is 1. The second kappa shape index (κ2) is 3.20. The highest BCUT2D eigenvalue weighted by Crippen LogP contribution is 2.51. The fourth-order valence-electron chi connectivity index (χ4n) is 3.21. The van der Waals surface area contributed by atoms with Crippen LogP contribution in [0.5, 0.6) is 0 Å². The summed E-state index contributed by atoms with van der Waals surface area (Å²) in [5, 5.41) is 0. The molecule has 2 saturated heterocycles. The minimum Gasteiger partial charge on any atom is -0.457 e. The molecule has 86 valence electrons. The Hall–Kier alpha value is -1.61. The number of rotatable bonds is 1. The van der Waals surface area contributed by atoms with Crippen LogP contribution < -0.4 is 0 Å². The Morgan fingerprint density at radius 3 is 2.59 bits per heavy atom. The van der Waals surface area contributed by atoms with Gasteiger partial charge in [0.15, 0.2) is 0 Å². The highest BCUT2D eigenvalue weighted by Gasteiger charge is 2.59. The average Bonchev–Trinajstić information content (AvgIpc) is 3.03. The van der Waals surface area contributed by atoms with Crippen molar-refractivity contribution in [3.8, 4) is 0 Å². The fraction of sp³-hybridized carbons (Fsp3) is 0.357. The third kappa shape index (κ3) is 1.17. The zero-order valence-electron chi connectivity index (χ0n) is 9.15. The molecule has 3 aliphatic rings. The number of esters is 1. The SMILES string of the molecule is O=C1O[C@H](c2ccccc2)[C@@H]2[C@H]1[C@H]1C=C[C@@H]2O1. The number of benzene rings is 1. The fourth-order valence-corrected chi connectivity index (χ4v) is 3.21. The molecule has 3 aliphatic heterocycles. The molecule has 2 fully saturated rings. The molecule has 0 unspecified atom stereocenters. The minimum atomic E-state index is -0.145. The lowest BCUT2D eigenvalue weighted by Gasteiger charge is -2.20. The smallest absolute Gasteiger partial charge is 0.313 e. The van der Waals surface area contributed by atoms with E-state index in [-0.39, 0.29) is 36.1 Å². The first-order chi connectivity index (χ1) is 8.34. The van der Waals surface area contributed by atoms with Crippen LogP contribution in [0.1, 0.15) is 11.7 Å². The molecule has 5 atom stereocenters. The van der Waals surface area contributed by atoms with E-state index in [0.29, 0.717) is 0 Å². The summed E-state index contributed by atoms with van der Waals surface area (Å²) in [5.74, 6) is -0.0594. The molecule has 0 N–H and O–H groups in total. The molecule has 1 aromatic rings. The van der Waals surface area contributed by atoms with Gasteiger partial charge in [0.2, 0.25) is 0 Å². The Labute approximate surface area is 99.0 Å². The van der Waals surface area contributed by atoms with Crippen LogP contribution in [0.4, 0.5) is 0 Å². The number of carbonyl (C=O) groups excluding carboxylic acids is 1. The first-order valence-corrected chi connectivity index (χ1v) is 5.94. The van der Waals surface area contributed by atoms with Crippen molar-refractivity contribution in [2.75, 3.05) is 0 Å². The maximum atomic E-state index is 11.9. The molecule has 0 amide bonds. The van der Waals surface area contributed by atoms with Crippen molar-refractivity contribution in [2.45, 2.75) is 18.3 Å². The van der Waals surface area contributed by atoms with Crippen LogP contribution in [0.25, 0.3) is 0 Å². The first kappa shape index (κ1) is 9.42. The Bertz CT molecular complexity index is 493. The van der Waals surface area contributed by atoms with Crippen LogP contribution in [0.15, 0.2) is 42.5 Å². The summed E-state index contributed by atoms with van der Waals surface area (Å²) in [6.45, 7) is 0. The normalized spacial score (nSPS) is 41.6. The molecule has 3 nitrogen and oxygen atoms in total. The average molecular weight is 228 g/mol. The zero-order valence-corrected chi connectivity index (χ0v) is 9.15. The van der Waals surface area contributed by atoms with Gasteiger partial charge in [-0.25, -0.2) is 0 Å². The van der Waals surface area contributed by atoms with E-state index in [1.54, 1.807) is 0 Å². The number of ether oxygens (including phenoxy) is 2. The van der Waals surface area contributed by atoms with E-state index >= 15 is 0 Å². The standard InChI is InChI=1S/C14H12O3/c15-14-12-10-7-6-9(16-10)11(12)13(17-14)8-4-2-1-3-5-8/h1-7,9-13H/t9-,10+,11-,12+,13+/m0/s1. The van der Waals surface area contributed by atoms with Gasteiger partial charge in [-0.3, -0.25) is 4.79 Å². The molecule has 3 heteroatoms. The molecular weight excluding hydrogens is 216 g/mol. The van der Waals surface area contributed by atoms with Crippen molar-refractivity contribution < 1.29 is 14.3 Å². The minimum absolute atomic E-state index is 0.0432. The van der Waals surface area contributed by atoms with E-state index in [1.165, 1.54) is 0 Å². The number of hydrogen-bond acceptors (Lipinski definition) is 3. The van der Waals surface area contributed by atoms with E-state index in [4.69, 9.17) is 9.47 Å². The third-order valence-corrected chi connectivity index (χ3v) is 3.95. The summed E-state index contributed by atoms with van der Waals surface area (Å²) in [6.07, 6.45) is 3.88. The lowest BCUT2D eigenvalue weighted by Crippen LogP contribution is -2.25. The van der Waals surface area contributed by atoms with Gasteiger partial charge in [0.1, 0.15) is 6.10 Å². The first-order valence-electron chi connectivity index (χ1n) is 5.94.